The van der Waals surface area contributed by atoms with Gasteiger partial charge in [-0.1, -0.05) is 18.2 Å². The number of hydrogen-bond acceptors (Lipinski definition) is 3. The van der Waals surface area contributed by atoms with Crippen molar-refractivity contribution in [2.45, 2.75) is 19.0 Å². The van der Waals surface area contributed by atoms with Gasteiger partial charge in [0.15, 0.2) is 5.11 Å². The average Bonchev–Trinajstić information content (AvgIpc) is 3.21. The van der Waals surface area contributed by atoms with Crippen LogP contribution in [0.2, 0.25) is 0 Å². The Labute approximate surface area is 164 Å². The minimum absolute atomic E-state index is 0.0394. The van der Waals surface area contributed by atoms with Crippen LogP contribution in [-0.2, 0) is 7.05 Å². The summed E-state index contributed by atoms with van der Waals surface area (Å²) in [6.45, 7) is 2.10. The lowest BCUT2D eigenvalue weighted by atomic mass is 10.0. The number of anilines is 1. The molecule has 4 rings (SSSR count). The van der Waals surface area contributed by atoms with Crippen LogP contribution in [0.25, 0.3) is 0 Å². The number of aromatic nitrogens is 2. The summed E-state index contributed by atoms with van der Waals surface area (Å²) in [5.41, 5.74) is 4.27. The lowest BCUT2D eigenvalue weighted by Gasteiger charge is -2.29. The summed E-state index contributed by atoms with van der Waals surface area (Å²) in [5, 5.41) is 4.15. The number of hydrogen-bond donors (Lipinski definition) is 1. The highest BCUT2D eigenvalue weighted by Gasteiger charge is 2.42. The number of benzene rings is 1. The van der Waals surface area contributed by atoms with E-state index >= 15 is 0 Å². The van der Waals surface area contributed by atoms with Gasteiger partial charge in [0, 0.05) is 24.6 Å². The van der Waals surface area contributed by atoms with Crippen molar-refractivity contribution in [3.8, 4) is 5.75 Å². The Hall–Kier alpha value is -2.86. The maximum absolute atomic E-state index is 5.76. The fourth-order valence-electron chi connectivity index (χ4n) is 3.67. The second-order valence-corrected chi connectivity index (χ2v) is 7.01. The molecule has 0 aliphatic carbocycles. The Morgan fingerprint density at radius 2 is 1.85 bits per heavy atom. The van der Waals surface area contributed by atoms with E-state index in [0.717, 1.165) is 17.1 Å². The van der Waals surface area contributed by atoms with Gasteiger partial charge in [-0.3, -0.25) is 4.98 Å². The summed E-state index contributed by atoms with van der Waals surface area (Å²) in [5.74, 6) is 0.791. The lowest BCUT2D eigenvalue weighted by molar-refractivity contribution is 0.414. The molecule has 2 atom stereocenters. The second-order valence-electron chi connectivity index (χ2n) is 6.63. The van der Waals surface area contributed by atoms with Crippen molar-refractivity contribution < 1.29 is 4.74 Å². The van der Waals surface area contributed by atoms with E-state index in [4.69, 9.17) is 17.0 Å². The van der Waals surface area contributed by atoms with Crippen LogP contribution < -0.4 is 15.0 Å². The third-order valence-electron chi connectivity index (χ3n) is 5.16. The summed E-state index contributed by atoms with van der Waals surface area (Å²) in [6, 6.07) is 18.1. The quantitative estimate of drug-likeness (QED) is 0.697. The van der Waals surface area contributed by atoms with Crippen LogP contribution in [0.5, 0.6) is 5.75 Å². The molecule has 5 nitrogen and oxygen atoms in total. The zero-order valence-electron chi connectivity index (χ0n) is 15.6. The first-order valence-corrected chi connectivity index (χ1v) is 9.28. The summed E-state index contributed by atoms with van der Waals surface area (Å²) >= 11 is 5.76. The molecule has 0 spiro atoms. The second kappa shape index (κ2) is 7.04. The average molecular weight is 379 g/mol. The van der Waals surface area contributed by atoms with E-state index in [0.29, 0.717) is 5.11 Å². The van der Waals surface area contributed by atoms with E-state index in [9.17, 15) is 0 Å². The molecule has 1 aliphatic heterocycles. The molecule has 3 heterocycles. The molecule has 1 aromatic carbocycles. The number of rotatable bonds is 4. The van der Waals surface area contributed by atoms with Gasteiger partial charge in [0.25, 0.3) is 0 Å². The molecule has 138 valence electrons. The van der Waals surface area contributed by atoms with Crippen molar-refractivity contribution in [1.82, 2.24) is 14.9 Å². The molecule has 1 fully saturated rings. The van der Waals surface area contributed by atoms with Crippen molar-refractivity contribution in [3.05, 3.63) is 77.9 Å². The Bertz CT molecular complexity index is 969. The Morgan fingerprint density at radius 1 is 1.07 bits per heavy atom. The van der Waals surface area contributed by atoms with E-state index in [-0.39, 0.29) is 12.1 Å². The zero-order valence-corrected chi connectivity index (χ0v) is 16.4. The number of ether oxygens (including phenoxy) is 1. The molecule has 0 amide bonds. The van der Waals surface area contributed by atoms with Crippen LogP contribution >= 0.6 is 12.2 Å². The molecule has 2 aromatic heterocycles. The molecule has 1 saturated heterocycles. The van der Waals surface area contributed by atoms with Gasteiger partial charge in [0.1, 0.15) is 11.8 Å². The molecule has 0 radical (unpaired) electrons. The zero-order chi connectivity index (χ0) is 19.0. The number of nitrogens with one attached hydrogen (secondary N) is 1. The van der Waals surface area contributed by atoms with Crippen LogP contribution in [0.15, 0.2) is 60.8 Å². The standard InChI is InChI=1S/C21H22N4OS/c1-14-11-12-17(24(14)2)20-19(15-8-6-7-13-22-15)23-21(27)25(20)16-9-4-5-10-18(16)26-3/h4-13,19-20H,1-3H3,(H,23,27). The summed E-state index contributed by atoms with van der Waals surface area (Å²) in [4.78, 5) is 6.73. The van der Waals surface area contributed by atoms with Gasteiger partial charge < -0.3 is 19.5 Å². The highest BCUT2D eigenvalue weighted by Crippen LogP contribution is 2.44. The topological polar surface area (TPSA) is 42.3 Å². The molecule has 1 N–H and O–H groups in total. The molecule has 27 heavy (non-hydrogen) atoms. The van der Waals surface area contributed by atoms with Crippen LogP contribution in [-0.4, -0.2) is 21.8 Å². The first-order valence-electron chi connectivity index (χ1n) is 8.87. The Morgan fingerprint density at radius 3 is 2.52 bits per heavy atom. The van der Waals surface area contributed by atoms with E-state index in [1.54, 1.807) is 7.11 Å². The Balaban J connectivity index is 1.89. The van der Waals surface area contributed by atoms with E-state index in [2.05, 4.69) is 45.9 Å². The van der Waals surface area contributed by atoms with Gasteiger partial charge >= 0.3 is 0 Å². The lowest BCUT2D eigenvalue weighted by Crippen LogP contribution is -2.30. The molecule has 0 bridgehead atoms. The van der Waals surface area contributed by atoms with Crippen molar-refractivity contribution >= 4 is 23.0 Å². The molecule has 3 aromatic rings. The van der Waals surface area contributed by atoms with Gasteiger partial charge in [-0.05, 0) is 55.5 Å². The predicted molar refractivity (Wildman–Crippen MR) is 111 cm³/mol. The fraction of sp³-hybridized carbons (Fsp3) is 0.238. The molecule has 6 heteroatoms. The monoisotopic (exact) mass is 378 g/mol. The summed E-state index contributed by atoms with van der Waals surface area (Å²) in [7, 11) is 3.77. The van der Waals surface area contributed by atoms with Crippen molar-refractivity contribution in [2.24, 2.45) is 7.05 Å². The third kappa shape index (κ3) is 2.96. The highest BCUT2D eigenvalue weighted by atomic mass is 32.1. The highest BCUT2D eigenvalue weighted by molar-refractivity contribution is 7.80. The van der Waals surface area contributed by atoms with Crippen molar-refractivity contribution in [1.29, 1.82) is 0 Å². The van der Waals surface area contributed by atoms with Crippen molar-refractivity contribution in [3.63, 3.8) is 0 Å². The third-order valence-corrected chi connectivity index (χ3v) is 5.47. The first-order chi connectivity index (χ1) is 13.1. The summed E-state index contributed by atoms with van der Waals surface area (Å²) in [6.07, 6.45) is 1.82. The fourth-order valence-corrected chi connectivity index (χ4v) is 4.01. The number of para-hydroxylation sites is 2. The molecule has 0 saturated carbocycles. The Kier molecular flexibility index (Phi) is 4.58. The summed E-state index contributed by atoms with van der Waals surface area (Å²) < 4.78 is 7.82. The van der Waals surface area contributed by atoms with Gasteiger partial charge in [-0.15, -0.1) is 0 Å². The number of aryl methyl sites for hydroxylation is 1. The molecular weight excluding hydrogens is 356 g/mol. The predicted octanol–water partition coefficient (Wildman–Crippen LogP) is 3.91. The smallest absolute Gasteiger partial charge is 0.174 e. The van der Waals surface area contributed by atoms with Crippen molar-refractivity contribution in [2.75, 3.05) is 12.0 Å². The largest absolute Gasteiger partial charge is 0.495 e. The van der Waals surface area contributed by atoms with E-state index in [1.165, 1.54) is 11.4 Å². The van der Waals surface area contributed by atoms with Gasteiger partial charge in [0.2, 0.25) is 0 Å². The van der Waals surface area contributed by atoms with Crippen LogP contribution in [0.1, 0.15) is 29.2 Å². The molecular formula is C21H22N4OS. The molecule has 2 unspecified atom stereocenters. The molecule has 1 aliphatic rings. The van der Waals surface area contributed by atoms with Crippen LogP contribution in [0, 0.1) is 6.92 Å². The number of pyridine rings is 1. The minimum atomic E-state index is -0.0587. The number of thiocarbonyl (C=S) groups is 1. The minimum Gasteiger partial charge on any atom is -0.495 e. The maximum Gasteiger partial charge on any atom is 0.174 e. The van der Waals surface area contributed by atoms with Gasteiger partial charge in [0.05, 0.1) is 24.5 Å². The van der Waals surface area contributed by atoms with Crippen LogP contribution in [0.4, 0.5) is 5.69 Å². The van der Waals surface area contributed by atoms with Gasteiger partial charge in [-0.2, -0.15) is 0 Å². The van der Waals surface area contributed by atoms with Crippen LogP contribution in [0.3, 0.4) is 0 Å². The number of methoxy groups -OCH3 is 1. The maximum atomic E-state index is 5.76. The van der Waals surface area contributed by atoms with E-state index in [1.807, 2.05) is 48.7 Å². The number of nitrogens with zero attached hydrogens (tertiary/aromatic N) is 3. The van der Waals surface area contributed by atoms with E-state index < -0.39 is 0 Å². The van der Waals surface area contributed by atoms with Gasteiger partial charge in [-0.25, -0.2) is 0 Å². The first kappa shape index (κ1) is 17.5. The SMILES string of the molecule is COc1ccccc1N1C(=S)NC(c2ccccn2)C1c1ccc(C)n1C. The normalized spacial score (nSPS) is 19.2.